The highest BCUT2D eigenvalue weighted by Crippen LogP contribution is 2.16. The van der Waals surface area contributed by atoms with Gasteiger partial charge in [0.25, 0.3) is 11.1 Å². The molecule has 0 spiro atoms. The number of benzene rings is 1. The molecule has 0 saturated heterocycles. The number of aryl methyl sites for hydroxylation is 1. The van der Waals surface area contributed by atoms with E-state index in [1.54, 1.807) is 37.3 Å². The van der Waals surface area contributed by atoms with Gasteiger partial charge >= 0.3 is 0 Å². The number of hydrogen-bond donors (Lipinski definition) is 1. The van der Waals surface area contributed by atoms with Crippen LogP contribution in [0.25, 0.3) is 5.65 Å². The first kappa shape index (κ1) is 16.1. The van der Waals surface area contributed by atoms with E-state index >= 15 is 0 Å². The first-order valence-corrected chi connectivity index (χ1v) is 9.01. The summed E-state index contributed by atoms with van der Waals surface area (Å²) >= 11 is 0. The lowest BCUT2D eigenvalue weighted by molar-refractivity contribution is 0.102. The summed E-state index contributed by atoms with van der Waals surface area (Å²) in [5.74, 6) is -0.348. The van der Waals surface area contributed by atoms with Crippen LogP contribution in [0.1, 0.15) is 22.8 Å². The summed E-state index contributed by atoms with van der Waals surface area (Å²) in [7, 11) is -3.51. The first-order valence-electron chi connectivity index (χ1n) is 7.36. The number of amides is 1. The lowest BCUT2D eigenvalue weighted by Crippen LogP contribution is -2.13. The third-order valence-corrected chi connectivity index (χ3v) is 5.16. The summed E-state index contributed by atoms with van der Waals surface area (Å²) in [5, 5.41) is 10.2. The maximum absolute atomic E-state index is 12.3. The molecule has 0 atom stereocenters. The van der Waals surface area contributed by atoms with Crippen LogP contribution in [0.4, 0.5) is 5.69 Å². The molecule has 3 rings (SSSR count). The van der Waals surface area contributed by atoms with Crippen molar-refractivity contribution in [1.29, 1.82) is 0 Å². The maximum Gasteiger partial charge on any atom is 0.255 e. The zero-order valence-electron chi connectivity index (χ0n) is 13.2. The lowest BCUT2D eigenvalue weighted by atomic mass is 10.1. The second kappa shape index (κ2) is 6.04. The van der Waals surface area contributed by atoms with E-state index in [0.29, 0.717) is 16.9 Å². The molecule has 1 N–H and O–H groups in total. The molecule has 0 aliphatic heterocycles. The van der Waals surface area contributed by atoms with Gasteiger partial charge in [-0.2, -0.15) is 0 Å². The molecule has 0 bridgehead atoms. The van der Waals surface area contributed by atoms with Gasteiger partial charge in [0.15, 0.2) is 5.65 Å². The van der Waals surface area contributed by atoms with Gasteiger partial charge in [-0.3, -0.25) is 9.20 Å². The standard InChI is InChI=1S/C16H16N4O3S/c1-3-24(22,23)16-19-18-14-8-7-13(10-20(14)16)17-15(21)12-6-4-5-11(2)9-12/h4-10H,3H2,1-2H3,(H,17,21). The molecular weight excluding hydrogens is 328 g/mol. The van der Waals surface area contributed by atoms with Crippen LogP contribution in [0.5, 0.6) is 0 Å². The molecule has 0 unspecified atom stereocenters. The topological polar surface area (TPSA) is 93.4 Å². The number of aromatic nitrogens is 3. The van der Waals surface area contributed by atoms with Crippen molar-refractivity contribution in [3.8, 4) is 0 Å². The zero-order chi connectivity index (χ0) is 17.3. The molecule has 124 valence electrons. The molecule has 0 aliphatic carbocycles. The number of pyridine rings is 1. The molecule has 7 nitrogen and oxygen atoms in total. The summed E-state index contributed by atoms with van der Waals surface area (Å²) in [6.45, 7) is 3.45. The summed E-state index contributed by atoms with van der Waals surface area (Å²) in [5.41, 5.74) is 2.37. The Hall–Kier alpha value is -2.74. The van der Waals surface area contributed by atoms with E-state index in [1.165, 1.54) is 10.6 Å². The Balaban J connectivity index is 1.96. The van der Waals surface area contributed by atoms with Crippen molar-refractivity contribution in [3.05, 3.63) is 53.7 Å². The van der Waals surface area contributed by atoms with Gasteiger partial charge < -0.3 is 5.32 Å². The Morgan fingerprint density at radius 1 is 1.21 bits per heavy atom. The van der Waals surface area contributed by atoms with Gasteiger partial charge in [-0.05, 0) is 31.2 Å². The van der Waals surface area contributed by atoms with E-state index in [0.717, 1.165) is 5.56 Å². The second-order valence-corrected chi connectivity index (χ2v) is 7.53. The Bertz CT molecular complexity index is 1020. The Morgan fingerprint density at radius 2 is 2.00 bits per heavy atom. The number of rotatable bonds is 4. The number of nitrogens with zero attached hydrogens (tertiary/aromatic N) is 3. The second-order valence-electron chi connectivity index (χ2n) is 5.36. The summed E-state index contributed by atoms with van der Waals surface area (Å²) in [6, 6.07) is 10.5. The largest absolute Gasteiger partial charge is 0.321 e. The number of carbonyl (C=O) groups excluding carboxylic acids is 1. The fraction of sp³-hybridized carbons (Fsp3) is 0.188. The molecule has 0 aliphatic rings. The highest BCUT2D eigenvalue weighted by atomic mass is 32.2. The van der Waals surface area contributed by atoms with Crippen molar-refractivity contribution in [2.75, 3.05) is 11.1 Å². The number of carbonyl (C=O) groups is 1. The molecule has 2 aromatic heterocycles. The number of hydrogen-bond acceptors (Lipinski definition) is 5. The van der Waals surface area contributed by atoms with E-state index in [1.807, 2.05) is 13.0 Å². The number of anilines is 1. The van der Waals surface area contributed by atoms with Gasteiger partial charge in [0.05, 0.1) is 11.4 Å². The number of fused-ring (bicyclic) bond motifs is 1. The summed E-state index contributed by atoms with van der Waals surface area (Å²) in [6.07, 6.45) is 1.51. The van der Waals surface area contributed by atoms with Gasteiger partial charge in [-0.25, -0.2) is 8.42 Å². The van der Waals surface area contributed by atoms with E-state index in [4.69, 9.17) is 0 Å². The first-order chi connectivity index (χ1) is 11.4. The monoisotopic (exact) mass is 344 g/mol. The van der Waals surface area contributed by atoms with Crippen molar-refractivity contribution in [2.45, 2.75) is 19.0 Å². The van der Waals surface area contributed by atoms with Gasteiger partial charge in [-0.1, -0.05) is 24.6 Å². The third-order valence-electron chi connectivity index (χ3n) is 3.57. The number of nitrogens with one attached hydrogen (secondary N) is 1. The van der Waals surface area contributed by atoms with Gasteiger partial charge in [0, 0.05) is 11.8 Å². The SMILES string of the molecule is CCS(=O)(=O)c1nnc2ccc(NC(=O)c3cccc(C)c3)cn12. The van der Waals surface area contributed by atoms with Crippen LogP contribution >= 0.6 is 0 Å². The zero-order valence-corrected chi connectivity index (χ0v) is 14.0. The quantitative estimate of drug-likeness (QED) is 0.782. The Morgan fingerprint density at radius 3 is 2.71 bits per heavy atom. The number of sulfone groups is 1. The van der Waals surface area contributed by atoms with E-state index in [-0.39, 0.29) is 16.8 Å². The van der Waals surface area contributed by atoms with E-state index in [9.17, 15) is 13.2 Å². The van der Waals surface area contributed by atoms with Crippen LogP contribution in [0.15, 0.2) is 47.8 Å². The molecule has 0 saturated carbocycles. The third kappa shape index (κ3) is 3.00. The van der Waals surface area contributed by atoms with Crippen molar-refractivity contribution in [2.24, 2.45) is 0 Å². The van der Waals surface area contributed by atoms with Crippen molar-refractivity contribution < 1.29 is 13.2 Å². The molecule has 1 amide bonds. The van der Waals surface area contributed by atoms with Crippen LogP contribution in [-0.2, 0) is 9.84 Å². The van der Waals surface area contributed by atoms with Crippen molar-refractivity contribution in [1.82, 2.24) is 14.6 Å². The Kier molecular flexibility index (Phi) is 4.06. The molecule has 3 aromatic rings. The summed E-state index contributed by atoms with van der Waals surface area (Å²) in [4.78, 5) is 12.3. The minimum Gasteiger partial charge on any atom is -0.321 e. The summed E-state index contributed by atoms with van der Waals surface area (Å²) < 4.78 is 25.5. The van der Waals surface area contributed by atoms with E-state index in [2.05, 4.69) is 15.5 Å². The van der Waals surface area contributed by atoms with E-state index < -0.39 is 9.84 Å². The minimum absolute atomic E-state index is 0.0757. The van der Waals surface area contributed by atoms with Crippen molar-refractivity contribution in [3.63, 3.8) is 0 Å². The molecule has 2 heterocycles. The predicted molar refractivity (Wildman–Crippen MR) is 89.8 cm³/mol. The predicted octanol–water partition coefficient (Wildman–Crippen LogP) is 2.08. The van der Waals surface area contributed by atoms with Crippen LogP contribution in [0, 0.1) is 6.92 Å². The normalized spacial score (nSPS) is 11.6. The molecular formula is C16H16N4O3S. The Labute approximate surface area is 139 Å². The fourth-order valence-electron chi connectivity index (χ4n) is 2.27. The maximum atomic E-state index is 12.3. The molecule has 0 radical (unpaired) electrons. The van der Waals surface area contributed by atoms with Crippen LogP contribution < -0.4 is 5.32 Å². The van der Waals surface area contributed by atoms with Gasteiger partial charge in [0.1, 0.15) is 0 Å². The molecule has 0 fully saturated rings. The van der Waals surface area contributed by atoms with Gasteiger partial charge in [0.2, 0.25) is 9.84 Å². The molecule has 8 heteroatoms. The highest BCUT2D eigenvalue weighted by Gasteiger charge is 2.19. The van der Waals surface area contributed by atoms with Crippen molar-refractivity contribution >= 4 is 27.1 Å². The molecule has 24 heavy (non-hydrogen) atoms. The fourth-order valence-corrected chi connectivity index (χ4v) is 3.14. The minimum atomic E-state index is -3.51. The van der Waals surface area contributed by atoms with Crippen LogP contribution in [-0.4, -0.2) is 34.7 Å². The van der Waals surface area contributed by atoms with Gasteiger partial charge in [-0.15, -0.1) is 10.2 Å². The average molecular weight is 344 g/mol. The highest BCUT2D eigenvalue weighted by molar-refractivity contribution is 7.91. The smallest absolute Gasteiger partial charge is 0.255 e. The lowest BCUT2D eigenvalue weighted by Gasteiger charge is -2.07. The molecule has 1 aromatic carbocycles. The average Bonchev–Trinajstić information content (AvgIpc) is 2.99. The van der Waals surface area contributed by atoms with Crippen LogP contribution in [0.2, 0.25) is 0 Å². The van der Waals surface area contributed by atoms with Crippen LogP contribution in [0.3, 0.4) is 0 Å².